The van der Waals surface area contributed by atoms with Gasteiger partial charge in [-0.25, -0.2) is 4.39 Å². The fourth-order valence-electron chi connectivity index (χ4n) is 2.88. The summed E-state index contributed by atoms with van der Waals surface area (Å²) < 4.78 is 13.0. The van der Waals surface area contributed by atoms with Crippen LogP contribution in [0, 0.1) is 5.82 Å². The minimum atomic E-state index is -0.351. The van der Waals surface area contributed by atoms with Gasteiger partial charge in [0.05, 0.1) is 0 Å². The Kier molecular flexibility index (Phi) is 6.14. The number of anilines is 1. The zero-order valence-corrected chi connectivity index (χ0v) is 12.2. The van der Waals surface area contributed by atoms with Gasteiger partial charge in [-0.05, 0) is 50.4 Å². The van der Waals surface area contributed by atoms with Crippen molar-refractivity contribution in [2.24, 2.45) is 0 Å². The number of benzene rings is 1. The van der Waals surface area contributed by atoms with Crippen molar-refractivity contribution in [2.75, 3.05) is 25.0 Å². The smallest absolute Gasteiger partial charge is 0.225 e. The molecular formula is C16H23FN2O2. The lowest BCUT2D eigenvalue weighted by atomic mass is 10.1. The lowest BCUT2D eigenvalue weighted by Crippen LogP contribution is -2.32. The van der Waals surface area contributed by atoms with Crippen molar-refractivity contribution in [3.05, 3.63) is 30.1 Å². The van der Waals surface area contributed by atoms with Gasteiger partial charge in [-0.15, -0.1) is 0 Å². The number of nitrogens with one attached hydrogen (secondary N) is 1. The predicted molar refractivity (Wildman–Crippen MR) is 80.6 cm³/mol. The Morgan fingerprint density at radius 2 is 2.33 bits per heavy atom. The van der Waals surface area contributed by atoms with E-state index in [0.717, 1.165) is 38.8 Å². The Balaban J connectivity index is 1.75. The highest BCUT2D eigenvalue weighted by Crippen LogP contribution is 2.21. The Morgan fingerprint density at radius 1 is 1.48 bits per heavy atom. The lowest BCUT2D eigenvalue weighted by molar-refractivity contribution is -0.116. The molecule has 1 atom stereocenters. The number of hydrogen-bond acceptors (Lipinski definition) is 3. The van der Waals surface area contributed by atoms with Crippen LogP contribution in [0.5, 0.6) is 0 Å². The Bertz CT molecular complexity index is 467. The van der Waals surface area contributed by atoms with E-state index >= 15 is 0 Å². The minimum Gasteiger partial charge on any atom is -0.396 e. The first kappa shape index (κ1) is 15.9. The van der Waals surface area contributed by atoms with Crippen LogP contribution in [0.1, 0.15) is 32.1 Å². The van der Waals surface area contributed by atoms with Crippen molar-refractivity contribution in [3.63, 3.8) is 0 Å². The highest BCUT2D eigenvalue weighted by molar-refractivity contribution is 5.90. The second-order valence-corrected chi connectivity index (χ2v) is 5.51. The number of amides is 1. The molecular weight excluding hydrogens is 271 g/mol. The van der Waals surface area contributed by atoms with Crippen molar-refractivity contribution >= 4 is 11.6 Å². The van der Waals surface area contributed by atoms with Crippen LogP contribution in [-0.2, 0) is 4.79 Å². The van der Waals surface area contributed by atoms with E-state index in [1.165, 1.54) is 12.1 Å². The molecule has 1 saturated heterocycles. The van der Waals surface area contributed by atoms with Gasteiger partial charge >= 0.3 is 0 Å². The maximum absolute atomic E-state index is 13.0. The maximum atomic E-state index is 13.0. The molecule has 0 saturated carbocycles. The van der Waals surface area contributed by atoms with Crippen LogP contribution < -0.4 is 5.32 Å². The van der Waals surface area contributed by atoms with Gasteiger partial charge in [0, 0.05) is 31.3 Å². The van der Waals surface area contributed by atoms with Crippen LogP contribution in [0.4, 0.5) is 10.1 Å². The summed E-state index contributed by atoms with van der Waals surface area (Å²) in [5.74, 6) is -0.440. The SMILES string of the molecule is O=C(CCN1CCCC1CCCO)Nc1cccc(F)c1. The molecule has 1 aromatic rings. The van der Waals surface area contributed by atoms with Gasteiger partial charge in [-0.1, -0.05) is 6.07 Å². The molecule has 1 aliphatic heterocycles. The molecule has 1 unspecified atom stereocenters. The maximum Gasteiger partial charge on any atom is 0.225 e. The molecule has 1 aromatic carbocycles. The van der Waals surface area contributed by atoms with Crippen LogP contribution in [-0.4, -0.2) is 41.7 Å². The van der Waals surface area contributed by atoms with E-state index in [9.17, 15) is 9.18 Å². The first-order valence-corrected chi connectivity index (χ1v) is 7.59. The fraction of sp³-hybridized carbons (Fsp3) is 0.562. The molecule has 116 valence electrons. The molecule has 0 spiro atoms. The highest BCUT2D eigenvalue weighted by Gasteiger charge is 2.24. The quantitative estimate of drug-likeness (QED) is 0.812. The molecule has 0 bridgehead atoms. The molecule has 0 aliphatic carbocycles. The minimum absolute atomic E-state index is 0.0894. The second-order valence-electron chi connectivity index (χ2n) is 5.51. The summed E-state index contributed by atoms with van der Waals surface area (Å²) in [5, 5.41) is 11.6. The number of carbonyl (C=O) groups is 1. The summed E-state index contributed by atoms with van der Waals surface area (Å²) >= 11 is 0. The number of hydrogen-bond donors (Lipinski definition) is 2. The van der Waals surface area contributed by atoms with Crippen molar-refractivity contribution in [2.45, 2.75) is 38.1 Å². The largest absolute Gasteiger partial charge is 0.396 e. The van der Waals surface area contributed by atoms with Crippen molar-refractivity contribution in [1.82, 2.24) is 4.90 Å². The van der Waals surface area contributed by atoms with E-state index < -0.39 is 0 Å². The van der Waals surface area contributed by atoms with E-state index in [1.807, 2.05) is 0 Å². The second kappa shape index (κ2) is 8.10. The van der Waals surface area contributed by atoms with Crippen LogP contribution in [0.15, 0.2) is 24.3 Å². The van der Waals surface area contributed by atoms with E-state index in [2.05, 4.69) is 10.2 Å². The molecule has 1 fully saturated rings. The first-order valence-electron chi connectivity index (χ1n) is 7.59. The topological polar surface area (TPSA) is 52.6 Å². The number of aliphatic hydroxyl groups excluding tert-OH is 1. The molecule has 2 rings (SSSR count). The van der Waals surface area contributed by atoms with E-state index in [-0.39, 0.29) is 18.3 Å². The van der Waals surface area contributed by atoms with E-state index in [4.69, 9.17) is 5.11 Å². The Labute approximate surface area is 125 Å². The third-order valence-electron chi connectivity index (χ3n) is 3.93. The fourth-order valence-corrected chi connectivity index (χ4v) is 2.88. The number of halogens is 1. The van der Waals surface area contributed by atoms with Crippen LogP contribution >= 0.6 is 0 Å². The Morgan fingerprint density at radius 3 is 3.10 bits per heavy atom. The van der Waals surface area contributed by atoms with Gasteiger partial charge in [0.1, 0.15) is 5.82 Å². The van der Waals surface area contributed by atoms with Crippen LogP contribution in [0.2, 0.25) is 0 Å². The molecule has 4 nitrogen and oxygen atoms in total. The van der Waals surface area contributed by atoms with Gasteiger partial charge in [0.25, 0.3) is 0 Å². The molecule has 1 aliphatic rings. The molecule has 1 amide bonds. The molecule has 1 heterocycles. The third kappa shape index (κ3) is 5.10. The number of likely N-dealkylation sites (tertiary alicyclic amines) is 1. The highest BCUT2D eigenvalue weighted by atomic mass is 19.1. The van der Waals surface area contributed by atoms with Gasteiger partial charge in [0.2, 0.25) is 5.91 Å². The zero-order valence-electron chi connectivity index (χ0n) is 12.2. The third-order valence-corrected chi connectivity index (χ3v) is 3.93. The normalized spacial score (nSPS) is 18.9. The monoisotopic (exact) mass is 294 g/mol. The van der Waals surface area contributed by atoms with Crippen LogP contribution in [0.3, 0.4) is 0 Å². The average molecular weight is 294 g/mol. The van der Waals surface area contributed by atoms with Crippen molar-refractivity contribution in [1.29, 1.82) is 0 Å². The van der Waals surface area contributed by atoms with Gasteiger partial charge < -0.3 is 10.4 Å². The number of aliphatic hydroxyl groups is 1. The van der Waals surface area contributed by atoms with Gasteiger partial charge in [-0.3, -0.25) is 9.69 Å². The van der Waals surface area contributed by atoms with Crippen molar-refractivity contribution < 1.29 is 14.3 Å². The Hall–Kier alpha value is -1.46. The molecule has 0 radical (unpaired) electrons. The average Bonchev–Trinajstić information content (AvgIpc) is 2.90. The summed E-state index contributed by atoms with van der Waals surface area (Å²) in [7, 11) is 0. The van der Waals surface area contributed by atoms with E-state index in [1.54, 1.807) is 12.1 Å². The number of carbonyl (C=O) groups excluding carboxylic acids is 1. The summed E-state index contributed by atoms with van der Waals surface area (Å²) in [4.78, 5) is 14.2. The van der Waals surface area contributed by atoms with Crippen LogP contribution in [0.25, 0.3) is 0 Å². The number of rotatable bonds is 7. The molecule has 2 N–H and O–H groups in total. The van der Waals surface area contributed by atoms with Gasteiger partial charge in [0.15, 0.2) is 0 Å². The zero-order chi connectivity index (χ0) is 15.1. The first-order chi connectivity index (χ1) is 10.2. The summed E-state index contributed by atoms with van der Waals surface area (Å²) in [6, 6.07) is 6.42. The molecule has 5 heteroatoms. The molecule has 0 aromatic heterocycles. The standard InChI is InChI=1S/C16H23FN2O2/c17-13-4-1-5-14(12-13)18-16(21)8-10-19-9-2-6-15(19)7-3-11-20/h1,4-5,12,15,20H,2-3,6-11H2,(H,18,21). The summed E-state index contributed by atoms with van der Waals surface area (Å²) in [6.07, 6.45) is 4.51. The summed E-state index contributed by atoms with van der Waals surface area (Å²) in [6.45, 7) is 1.96. The van der Waals surface area contributed by atoms with Gasteiger partial charge in [-0.2, -0.15) is 0 Å². The summed E-state index contributed by atoms with van der Waals surface area (Å²) in [5.41, 5.74) is 0.498. The predicted octanol–water partition coefficient (Wildman–Crippen LogP) is 2.39. The lowest BCUT2D eigenvalue weighted by Gasteiger charge is -2.23. The molecule has 21 heavy (non-hydrogen) atoms. The van der Waals surface area contributed by atoms with Crippen molar-refractivity contribution in [3.8, 4) is 0 Å². The number of nitrogens with zero attached hydrogens (tertiary/aromatic N) is 1. The van der Waals surface area contributed by atoms with E-state index in [0.29, 0.717) is 18.2 Å².